The Bertz CT molecular complexity index is 488. The molecule has 2 amide bonds. The van der Waals surface area contributed by atoms with Crippen LogP contribution >= 0.6 is 0 Å². The summed E-state index contributed by atoms with van der Waals surface area (Å²) in [6, 6.07) is 0.296. The van der Waals surface area contributed by atoms with E-state index >= 15 is 0 Å². The minimum absolute atomic E-state index is 0.0232. The lowest BCUT2D eigenvalue weighted by atomic mass is 9.71. The second-order valence-electron chi connectivity index (χ2n) is 8.75. The highest BCUT2D eigenvalue weighted by Crippen LogP contribution is 2.39. The van der Waals surface area contributed by atoms with Gasteiger partial charge >= 0.3 is 0 Å². The normalized spacial score (nSPS) is 30.8. The van der Waals surface area contributed by atoms with Crippen LogP contribution in [-0.4, -0.2) is 46.6 Å². The Hall–Kier alpha value is -1.10. The van der Waals surface area contributed by atoms with E-state index in [1.807, 2.05) is 4.90 Å². The first-order valence-electron chi connectivity index (χ1n) is 10.9. The van der Waals surface area contributed by atoms with Crippen molar-refractivity contribution in [3.8, 4) is 0 Å². The number of hydrogen-bond acceptors (Lipinski definition) is 3. The van der Waals surface area contributed by atoms with Crippen LogP contribution in [0.2, 0.25) is 0 Å². The molecule has 1 aliphatic heterocycles. The fraction of sp³-hybridized carbons (Fsp3) is 0.905. The monoisotopic (exact) mass is 364 g/mol. The van der Waals surface area contributed by atoms with Gasteiger partial charge < -0.3 is 15.3 Å². The number of aliphatic hydroxyl groups is 1. The second kappa shape index (κ2) is 9.20. The summed E-state index contributed by atoms with van der Waals surface area (Å²) < 4.78 is 0. The Labute approximate surface area is 157 Å². The van der Waals surface area contributed by atoms with Crippen molar-refractivity contribution in [1.29, 1.82) is 0 Å². The predicted molar refractivity (Wildman–Crippen MR) is 102 cm³/mol. The minimum atomic E-state index is -0.551. The summed E-state index contributed by atoms with van der Waals surface area (Å²) in [5, 5.41) is 13.9. The van der Waals surface area contributed by atoms with Gasteiger partial charge in [-0.2, -0.15) is 0 Å². The first kappa shape index (κ1) is 19.7. The van der Waals surface area contributed by atoms with Crippen molar-refractivity contribution in [2.75, 3.05) is 13.1 Å². The van der Waals surface area contributed by atoms with Crippen molar-refractivity contribution in [2.45, 2.75) is 102 Å². The lowest BCUT2D eigenvalue weighted by Gasteiger charge is -2.47. The van der Waals surface area contributed by atoms with Gasteiger partial charge in [0.05, 0.1) is 5.60 Å². The third-order valence-corrected chi connectivity index (χ3v) is 6.82. The molecule has 3 aliphatic rings. The summed E-state index contributed by atoms with van der Waals surface area (Å²) >= 11 is 0. The maximum Gasteiger partial charge on any atom is 0.223 e. The van der Waals surface area contributed by atoms with Gasteiger partial charge in [-0.3, -0.25) is 9.59 Å². The van der Waals surface area contributed by atoms with Gasteiger partial charge in [0, 0.05) is 37.9 Å². The molecule has 2 saturated carbocycles. The van der Waals surface area contributed by atoms with Crippen LogP contribution in [0.5, 0.6) is 0 Å². The fourth-order valence-electron chi connectivity index (χ4n) is 5.08. The number of fused-ring (bicyclic) bond motifs is 1. The van der Waals surface area contributed by atoms with E-state index in [9.17, 15) is 14.7 Å². The lowest BCUT2D eigenvalue weighted by Crippen LogP contribution is -2.54. The highest BCUT2D eigenvalue weighted by molar-refractivity contribution is 5.84. The zero-order valence-electron chi connectivity index (χ0n) is 16.2. The number of nitrogens with zero attached hydrogens (tertiary/aromatic N) is 1. The van der Waals surface area contributed by atoms with Crippen molar-refractivity contribution in [1.82, 2.24) is 10.2 Å². The zero-order chi connectivity index (χ0) is 18.4. The van der Waals surface area contributed by atoms with Gasteiger partial charge in [0.25, 0.3) is 0 Å². The van der Waals surface area contributed by atoms with E-state index in [1.165, 1.54) is 32.1 Å². The lowest BCUT2D eigenvalue weighted by molar-refractivity contribution is -0.144. The number of amides is 2. The molecule has 0 aromatic rings. The van der Waals surface area contributed by atoms with Crippen LogP contribution in [0.1, 0.15) is 89.9 Å². The smallest absolute Gasteiger partial charge is 0.223 e. The van der Waals surface area contributed by atoms with Gasteiger partial charge in [0.15, 0.2) is 0 Å². The molecule has 0 bridgehead atoms. The molecule has 1 saturated heterocycles. The first-order valence-corrected chi connectivity index (χ1v) is 10.9. The Kier molecular flexibility index (Phi) is 6.96. The third kappa shape index (κ3) is 5.21. The molecule has 0 unspecified atom stereocenters. The Morgan fingerprint density at radius 1 is 0.923 bits per heavy atom. The molecule has 148 valence electrons. The molecule has 1 heterocycles. The van der Waals surface area contributed by atoms with E-state index < -0.39 is 5.60 Å². The Balaban J connectivity index is 1.40. The van der Waals surface area contributed by atoms with Gasteiger partial charge in [-0.25, -0.2) is 0 Å². The van der Waals surface area contributed by atoms with Crippen molar-refractivity contribution in [3.63, 3.8) is 0 Å². The van der Waals surface area contributed by atoms with Crippen molar-refractivity contribution < 1.29 is 14.7 Å². The van der Waals surface area contributed by atoms with Crippen LogP contribution in [-0.2, 0) is 9.59 Å². The first-order chi connectivity index (χ1) is 12.6. The van der Waals surface area contributed by atoms with Gasteiger partial charge in [0.2, 0.25) is 11.8 Å². The van der Waals surface area contributed by atoms with Crippen LogP contribution < -0.4 is 5.32 Å². The van der Waals surface area contributed by atoms with E-state index in [0.717, 1.165) is 38.5 Å². The molecule has 0 spiro atoms. The maximum atomic E-state index is 12.5. The molecule has 3 rings (SSSR count). The molecule has 2 N–H and O–H groups in total. The second-order valence-corrected chi connectivity index (χ2v) is 8.75. The molecule has 26 heavy (non-hydrogen) atoms. The van der Waals surface area contributed by atoms with Gasteiger partial charge in [0.1, 0.15) is 0 Å². The largest absolute Gasteiger partial charge is 0.389 e. The van der Waals surface area contributed by atoms with E-state index in [2.05, 4.69) is 5.32 Å². The van der Waals surface area contributed by atoms with Gasteiger partial charge in [-0.1, -0.05) is 44.9 Å². The summed E-state index contributed by atoms with van der Waals surface area (Å²) in [6.45, 7) is 1.30. The zero-order valence-corrected chi connectivity index (χ0v) is 16.2. The quantitative estimate of drug-likeness (QED) is 0.805. The number of carbonyl (C=O) groups is 2. The molecule has 5 heteroatoms. The average molecular weight is 365 g/mol. The summed E-state index contributed by atoms with van der Waals surface area (Å²) in [6.07, 6.45) is 13.8. The fourth-order valence-corrected chi connectivity index (χ4v) is 5.08. The van der Waals surface area contributed by atoms with Crippen molar-refractivity contribution in [2.24, 2.45) is 5.92 Å². The Morgan fingerprint density at radius 2 is 1.62 bits per heavy atom. The van der Waals surface area contributed by atoms with Crippen LogP contribution in [0.3, 0.4) is 0 Å². The number of carbonyl (C=O) groups excluding carboxylic acids is 2. The van der Waals surface area contributed by atoms with E-state index in [1.54, 1.807) is 0 Å². The number of hydrogen-bond donors (Lipinski definition) is 2. The SMILES string of the molecule is O=C(CCC(=O)N1CC[C@@]2(O)CCCC[C@H]2C1)NC1CCCCCCC1. The highest BCUT2D eigenvalue weighted by Gasteiger charge is 2.43. The molecular weight excluding hydrogens is 328 g/mol. The van der Waals surface area contributed by atoms with E-state index in [-0.39, 0.29) is 17.7 Å². The van der Waals surface area contributed by atoms with E-state index in [0.29, 0.717) is 38.4 Å². The third-order valence-electron chi connectivity index (χ3n) is 6.82. The van der Waals surface area contributed by atoms with Crippen molar-refractivity contribution >= 4 is 11.8 Å². The Morgan fingerprint density at radius 3 is 2.38 bits per heavy atom. The minimum Gasteiger partial charge on any atom is -0.389 e. The van der Waals surface area contributed by atoms with Gasteiger partial charge in [-0.15, -0.1) is 0 Å². The van der Waals surface area contributed by atoms with Crippen LogP contribution in [0.15, 0.2) is 0 Å². The predicted octanol–water partition coefficient (Wildman–Crippen LogP) is 3.15. The molecule has 5 nitrogen and oxygen atoms in total. The molecule has 3 fully saturated rings. The average Bonchev–Trinajstić information content (AvgIpc) is 2.61. The standard InChI is InChI=1S/C21H36N2O3/c24-19(22-18-9-4-2-1-3-5-10-18)11-12-20(25)23-15-14-21(26)13-7-6-8-17(21)16-23/h17-18,26H,1-16H2,(H,22,24)/t17-,21-/m0/s1. The van der Waals surface area contributed by atoms with Crippen LogP contribution in [0.4, 0.5) is 0 Å². The summed E-state index contributed by atoms with van der Waals surface area (Å²) in [5.74, 6) is 0.318. The van der Waals surface area contributed by atoms with E-state index in [4.69, 9.17) is 0 Å². The number of rotatable bonds is 4. The summed E-state index contributed by atoms with van der Waals surface area (Å²) in [4.78, 5) is 26.7. The number of piperidine rings is 1. The topological polar surface area (TPSA) is 69.6 Å². The maximum absolute atomic E-state index is 12.5. The van der Waals surface area contributed by atoms with Crippen LogP contribution in [0.25, 0.3) is 0 Å². The molecule has 2 atom stereocenters. The molecule has 0 aromatic carbocycles. The number of nitrogens with one attached hydrogen (secondary N) is 1. The van der Waals surface area contributed by atoms with Crippen LogP contribution in [0, 0.1) is 5.92 Å². The molecular formula is C21H36N2O3. The summed E-state index contributed by atoms with van der Waals surface area (Å²) in [7, 11) is 0. The highest BCUT2D eigenvalue weighted by atomic mass is 16.3. The molecule has 2 aliphatic carbocycles. The van der Waals surface area contributed by atoms with Crippen molar-refractivity contribution in [3.05, 3.63) is 0 Å². The number of likely N-dealkylation sites (tertiary alicyclic amines) is 1. The molecule has 0 radical (unpaired) electrons. The molecule has 0 aromatic heterocycles. The van der Waals surface area contributed by atoms with Gasteiger partial charge in [-0.05, 0) is 32.1 Å². The summed E-state index contributed by atoms with van der Waals surface area (Å²) in [5.41, 5.74) is -0.551.